The first kappa shape index (κ1) is 14.8. The van der Waals surface area contributed by atoms with Crippen LogP contribution >= 0.6 is 0 Å². The molecule has 0 saturated heterocycles. The molecule has 0 atom stereocenters. The lowest BCUT2D eigenvalue weighted by molar-refractivity contribution is 0.318. The summed E-state index contributed by atoms with van der Waals surface area (Å²) in [6, 6.07) is 11.3. The largest absolute Gasteiger partial charge is 0.481 e. The number of nitrogens with two attached hydrogens (primary N) is 1. The van der Waals surface area contributed by atoms with Gasteiger partial charge >= 0.3 is 0 Å². The Labute approximate surface area is 123 Å². The second-order valence-corrected chi connectivity index (χ2v) is 4.49. The zero-order chi connectivity index (χ0) is 15.1. The summed E-state index contributed by atoms with van der Waals surface area (Å²) < 4.78 is 5.01. The summed E-state index contributed by atoms with van der Waals surface area (Å²) in [5.41, 5.74) is 8.41. The van der Waals surface area contributed by atoms with Crippen LogP contribution in [0.1, 0.15) is 16.7 Å². The number of hydrogen-bond acceptors (Lipinski definition) is 5. The van der Waals surface area contributed by atoms with Crippen molar-refractivity contribution in [3.05, 3.63) is 59.3 Å². The summed E-state index contributed by atoms with van der Waals surface area (Å²) in [6.45, 7) is 1.45. The molecule has 0 unspecified atom stereocenters. The highest BCUT2D eigenvalue weighted by Gasteiger charge is 2.00. The number of pyridine rings is 1. The minimum absolute atomic E-state index is 0.110. The highest BCUT2D eigenvalue weighted by molar-refractivity contribution is 5.96. The van der Waals surface area contributed by atoms with E-state index in [4.69, 9.17) is 15.7 Å². The molecule has 0 fully saturated rings. The SMILES string of the molecule is COc1ccc(CNCc2ccc(C(N)=NO)cc2)cn1. The Bertz CT molecular complexity index is 594. The van der Waals surface area contributed by atoms with Crippen molar-refractivity contribution in [3.8, 4) is 5.88 Å². The molecule has 0 aliphatic rings. The molecule has 1 aromatic heterocycles. The molecule has 4 N–H and O–H groups in total. The maximum Gasteiger partial charge on any atom is 0.212 e. The molecular weight excluding hydrogens is 268 g/mol. The Hall–Kier alpha value is -2.60. The lowest BCUT2D eigenvalue weighted by Crippen LogP contribution is -2.14. The molecule has 0 aliphatic heterocycles. The quantitative estimate of drug-likeness (QED) is 0.324. The van der Waals surface area contributed by atoms with E-state index < -0.39 is 0 Å². The Balaban J connectivity index is 1.85. The zero-order valence-corrected chi connectivity index (χ0v) is 11.8. The maximum atomic E-state index is 8.60. The first-order valence-electron chi connectivity index (χ1n) is 6.49. The van der Waals surface area contributed by atoms with Crippen LogP contribution in [0.5, 0.6) is 5.88 Å². The van der Waals surface area contributed by atoms with Crippen molar-refractivity contribution in [2.75, 3.05) is 7.11 Å². The first-order valence-corrected chi connectivity index (χ1v) is 6.49. The van der Waals surface area contributed by atoms with Crippen LogP contribution in [-0.4, -0.2) is 23.1 Å². The molecule has 0 bridgehead atoms. The van der Waals surface area contributed by atoms with Gasteiger partial charge in [-0.25, -0.2) is 4.98 Å². The number of ether oxygens (including phenoxy) is 1. The predicted octanol–water partition coefficient (Wildman–Crippen LogP) is 1.47. The molecule has 0 spiro atoms. The summed E-state index contributed by atoms with van der Waals surface area (Å²) in [6.07, 6.45) is 1.79. The molecule has 21 heavy (non-hydrogen) atoms. The Morgan fingerprint density at radius 3 is 2.43 bits per heavy atom. The molecule has 0 saturated carbocycles. The van der Waals surface area contributed by atoms with Crippen LogP contribution in [0.3, 0.4) is 0 Å². The van der Waals surface area contributed by atoms with E-state index in [1.54, 1.807) is 13.3 Å². The van der Waals surface area contributed by atoms with Gasteiger partial charge in [0.05, 0.1) is 7.11 Å². The standard InChI is InChI=1S/C15H18N4O2/c1-21-14-7-4-12(10-18-14)9-17-8-11-2-5-13(6-3-11)15(16)19-20/h2-7,10,17,20H,8-9H2,1H3,(H2,16,19). The third kappa shape index (κ3) is 4.19. The first-order chi connectivity index (χ1) is 10.2. The van der Waals surface area contributed by atoms with Gasteiger partial charge < -0.3 is 21.0 Å². The maximum absolute atomic E-state index is 8.60. The monoisotopic (exact) mass is 286 g/mol. The Morgan fingerprint density at radius 2 is 1.86 bits per heavy atom. The van der Waals surface area contributed by atoms with E-state index in [1.165, 1.54) is 0 Å². The van der Waals surface area contributed by atoms with Gasteiger partial charge in [0.25, 0.3) is 0 Å². The Kier molecular flexibility index (Phi) is 5.11. The highest BCUT2D eigenvalue weighted by atomic mass is 16.5. The van der Waals surface area contributed by atoms with Crippen LogP contribution in [0.4, 0.5) is 0 Å². The van der Waals surface area contributed by atoms with Gasteiger partial charge in [0, 0.05) is 30.9 Å². The smallest absolute Gasteiger partial charge is 0.212 e. The number of benzene rings is 1. The van der Waals surface area contributed by atoms with Crippen LogP contribution in [0.15, 0.2) is 47.8 Å². The lowest BCUT2D eigenvalue weighted by Gasteiger charge is -2.06. The van der Waals surface area contributed by atoms with Gasteiger partial charge in [-0.1, -0.05) is 35.5 Å². The van der Waals surface area contributed by atoms with Crippen molar-refractivity contribution in [1.29, 1.82) is 0 Å². The number of amidine groups is 1. The molecule has 6 nitrogen and oxygen atoms in total. The summed E-state index contributed by atoms with van der Waals surface area (Å²) in [4.78, 5) is 4.15. The van der Waals surface area contributed by atoms with Crippen molar-refractivity contribution < 1.29 is 9.94 Å². The minimum Gasteiger partial charge on any atom is -0.481 e. The average Bonchev–Trinajstić information content (AvgIpc) is 2.55. The summed E-state index contributed by atoms with van der Waals surface area (Å²) >= 11 is 0. The van der Waals surface area contributed by atoms with E-state index in [0.29, 0.717) is 11.4 Å². The van der Waals surface area contributed by atoms with Crippen LogP contribution in [0.2, 0.25) is 0 Å². The highest BCUT2D eigenvalue weighted by Crippen LogP contribution is 2.07. The van der Waals surface area contributed by atoms with E-state index in [-0.39, 0.29) is 5.84 Å². The van der Waals surface area contributed by atoms with E-state index in [1.807, 2.05) is 36.4 Å². The minimum atomic E-state index is 0.110. The lowest BCUT2D eigenvalue weighted by atomic mass is 10.1. The average molecular weight is 286 g/mol. The third-order valence-electron chi connectivity index (χ3n) is 3.02. The normalized spacial score (nSPS) is 11.4. The fraction of sp³-hybridized carbons (Fsp3) is 0.200. The molecule has 0 aliphatic carbocycles. The van der Waals surface area contributed by atoms with Crippen LogP contribution < -0.4 is 15.8 Å². The number of rotatable bonds is 6. The Morgan fingerprint density at radius 1 is 1.19 bits per heavy atom. The summed E-state index contributed by atoms with van der Waals surface area (Å²) in [7, 11) is 1.60. The van der Waals surface area contributed by atoms with Gasteiger partial charge in [0.2, 0.25) is 5.88 Å². The number of methoxy groups -OCH3 is 1. The van der Waals surface area contributed by atoms with E-state index in [9.17, 15) is 0 Å². The van der Waals surface area contributed by atoms with Crippen molar-refractivity contribution >= 4 is 5.84 Å². The second-order valence-electron chi connectivity index (χ2n) is 4.49. The predicted molar refractivity (Wildman–Crippen MR) is 80.3 cm³/mol. The fourth-order valence-electron chi connectivity index (χ4n) is 1.84. The molecule has 2 aromatic rings. The number of aromatic nitrogens is 1. The van der Waals surface area contributed by atoms with Gasteiger partial charge in [-0.05, 0) is 11.1 Å². The molecular formula is C15H18N4O2. The number of nitrogens with zero attached hydrogens (tertiary/aromatic N) is 2. The molecule has 0 amide bonds. The van der Waals surface area contributed by atoms with E-state index >= 15 is 0 Å². The van der Waals surface area contributed by atoms with Crippen LogP contribution in [0.25, 0.3) is 0 Å². The summed E-state index contributed by atoms with van der Waals surface area (Å²) in [5.74, 6) is 0.719. The topological polar surface area (TPSA) is 92.8 Å². The van der Waals surface area contributed by atoms with Gasteiger partial charge in [-0.15, -0.1) is 0 Å². The van der Waals surface area contributed by atoms with E-state index in [2.05, 4.69) is 15.5 Å². The summed E-state index contributed by atoms with van der Waals surface area (Å²) in [5, 5.41) is 14.9. The molecule has 2 rings (SSSR count). The second kappa shape index (κ2) is 7.25. The number of oxime groups is 1. The van der Waals surface area contributed by atoms with Crippen molar-refractivity contribution in [2.45, 2.75) is 13.1 Å². The van der Waals surface area contributed by atoms with Crippen molar-refractivity contribution in [1.82, 2.24) is 10.3 Å². The van der Waals surface area contributed by atoms with Crippen LogP contribution in [-0.2, 0) is 13.1 Å². The van der Waals surface area contributed by atoms with Gasteiger partial charge in [0.1, 0.15) is 0 Å². The van der Waals surface area contributed by atoms with E-state index in [0.717, 1.165) is 24.2 Å². The van der Waals surface area contributed by atoms with Gasteiger partial charge in [-0.2, -0.15) is 0 Å². The van der Waals surface area contributed by atoms with Gasteiger partial charge in [-0.3, -0.25) is 0 Å². The molecule has 1 aromatic carbocycles. The van der Waals surface area contributed by atoms with Gasteiger partial charge in [0.15, 0.2) is 5.84 Å². The number of nitrogens with one attached hydrogen (secondary N) is 1. The fourth-order valence-corrected chi connectivity index (χ4v) is 1.84. The van der Waals surface area contributed by atoms with Crippen LogP contribution in [0, 0.1) is 0 Å². The molecule has 6 heteroatoms. The van der Waals surface area contributed by atoms with Crippen molar-refractivity contribution in [2.24, 2.45) is 10.9 Å². The zero-order valence-electron chi connectivity index (χ0n) is 11.8. The molecule has 110 valence electrons. The molecule has 0 radical (unpaired) electrons. The number of hydrogen-bond donors (Lipinski definition) is 3. The molecule has 1 heterocycles. The van der Waals surface area contributed by atoms with Crippen molar-refractivity contribution in [3.63, 3.8) is 0 Å². The third-order valence-corrected chi connectivity index (χ3v) is 3.02.